The number of hydrogen-bond donors (Lipinski definition) is 2. The number of phenols is 1. The van der Waals surface area contributed by atoms with Gasteiger partial charge < -0.3 is 14.9 Å². The van der Waals surface area contributed by atoms with Crippen LogP contribution in [-0.2, 0) is 18.9 Å². The van der Waals surface area contributed by atoms with Crippen LogP contribution in [0.25, 0.3) is 0 Å². The monoisotopic (exact) mass is 388 g/mol. The third-order valence-electron chi connectivity index (χ3n) is 4.74. The highest BCUT2D eigenvalue weighted by molar-refractivity contribution is 6.04. The van der Waals surface area contributed by atoms with E-state index in [1.807, 2.05) is 0 Å². The Morgan fingerprint density at radius 1 is 1.21 bits per heavy atom. The molecule has 0 unspecified atom stereocenters. The van der Waals surface area contributed by atoms with Crippen molar-refractivity contribution in [2.45, 2.75) is 19.4 Å². The second-order valence-corrected chi connectivity index (χ2v) is 6.47. The van der Waals surface area contributed by atoms with Crippen LogP contribution in [0.15, 0.2) is 32.9 Å². The molecule has 10 heteroatoms. The number of ether oxygens (including phenoxy) is 1. The first kappa shape index (κ1) is 19.2. The summed E-state index contributed by atoms with van der Waals surface area (Å²) in [4.78, 5) is 36.7. The van der Waals surface area contributed by atoms with Crippen molar-refractivity contribution in [2.24, 2.45) is 19.2 Å². The Balaban J connectivity index is 2.13. The molecule has 2 N–H and O–H groups in total. The molecule has 0 saturated carbocycles. The van der Waals surface area contributed by atoms with E-state index in [2.05, 4.69) is 5.10 Å². The molecule has 0 radical (unpaired) electrons. The van der Waals surface area contributed by atoms with E-state index in [-0.39, 0.29) is 35.1 Å². The first-order valence-corrected chi connectivity index (χ1v) is 8.40. The summed E-state index contributed by atoms with van der Waals surface area (Å²) in [6.07, 6.45) is 0.133. The molecule has 1 aromatic carbocycles. The zero-order valence-electron chi connectivity index (χ0n) is 15.8. The van der Waals surface area contributed by atoms with Gasteiger partial charge in [-0.1, -0.05) is 6.07 Å². The Hall–Kier alpha value is -3.56. The highest BCUT2D eigenvalue weighted by atomic mass is 16.5. The van der Waals surface area contributed by atoms with Crippen LogP contribution in [0, 0.1) is 0 Å². The van der Waals surface area contributed by atoms with Crippen LogP contribution in [0.3, 0.4) is 0 Å². The van der Waals surface area contributed by atoms with Gasteiger partial charge in [-0.3, -0.25) is 18.7 Å². The lowest BCUT2D eigenvalue weighted by Crippen LogP contribution is -2.39. The van der Waals surface area contributed by atoms with Crippen LogP contribution in [-0.4, -0.2) is 43.1 Å². The molecule has 10 nitrogen and oxygen atoms in total. The maximum atomic E-state index is 12.6. The van der Waals surface area contributed by atoms with E-state index in [1.54, 1.807) is 12.1 Å². The lowest BCUT2D eigenvalue weighted by Gasteiger charge is -2.21. The van der Waals surface area contributed by atoms with Gasteiger partial charge in [0, 0.05) is 27.4 Å². The van der Waals surface area contributed by atoms with Crippen molar-refractivity contribution in [2.75, 3.05) is 7.11 Å². The quantitative estimate of drug-likeness (QED) is 0.774. The highest BCUT2D eigenvalue weighted by Crippen LogP contribution is 2.37. The second kappa shape index (κ2) is 6.87. The standard InChI is InChI=1S/C18H20N4O6/c1-9(23)22-12(10-5-6-13(24)14(7-10)28-4)8-11(19-22)15-16(25)20(2)18(27)21(3)17(15)26/h5-7,12,24-25H,8H2,1-4H3/t12-/m1/s1. The van der Waals surface area contributed by atoms with Gasteiger partial charge in [0.2, 0.25) is 11.8 Å². The molecule has 1 amide bonds. The van der Waals surface area contributed by atoms with E-state index in [1.165, 1.54) is 39.2 Å². The second-order valence-electron chi connectivity index (χ2n) is 6.47. The van der Waals surface area contributed by atoms with Crippen LogP contribution in [0.4, 0.5) is 0 Å². The number of carbonyl (C=O) groups is 1. The minimum atomic E-state index is -0.702. The number of carbonyl (C=O) groups excluding carboxylic acids is 1. The number of benzene rings is 1. The predicted molar refractivity (Wildman–Crippen MR) is 99.7 cm³/mol. The molecule has 0 bridgehead atoms. The Morgan fingerprint density at radius 2 is 1.89 bits per heavy atom. The van der Waals surface area contributed by atoms with E-state index in [9.17, 15) is 24.6 Å². The molecule has 2 aromatic rings. The average Bonchev–Trinajstić information content (AvgIpc) is 3.10. The predicted octanol–water partition coefficient (Wildman–Crippen LogP) is 0.201. The van der Waals surface area contributed by atoms with Crippen LogP contribution < -0.4 is 16.0 Å². The van der Waals surface area contributed by atoms with Gasteiger partial charge in [0.05, 0.1) is 18.9 Å². The Bertz CT molecular complexity index is 1110. The lowest BCUT2D eigenvalue weighted by molar-refractivity contribution is -0.130. The summed E-state index contributed by atoms with van der Waals surface area (Å²) in [5, 5.41) is 25.6. The number of hydrazone groups is 1. The molecule has 1 atom stereocenters. The number of phenolic OH excluding ortho intramolecular Hbond substituents is 1. The topological polar surface area (TPSA) is 126 Å². The zero-order chi connectivity index (χ0) is 20.7. The third kappa shape index (κ3) is 2.92. The van der Waals surface area contributed by atoms with Crippen LogP contribution in [0.5, 0.6) is 17.4 Å². The zero-order valence-corrected chi connectivity index (χ0v) is 15.8. The van der Waals surface area contributed by atoms with E-state index < -0.39 is 23.2 Å². The van der Waals surface area contributed by atoms with Gasteiger partial charge in [-0.15, -0.1) is 0 Å². The normalized spacial score (nSPS) is 16.2. The number of methoxy groups -OCH3 is 1. The first-order chi connectivity index (χ1) is 13.2. The van der Waals surface area contributed by atoms with Gasteiger partial charge in [0.15, 0.2) is 11.5 Å². The lowest BCUT2D eigenvalue weighted by atomic mass is 9.98. The summed E-state index contributed by atoms with van der Waals surface area (Å²) in [6.45, 7) is 1.33. The Morgan fingerprint density at radius 3 is 2.50 bits per heavy atom. The van der Waals surface area contributed by atoms with Crippen LogP contribution >= 0.6 is 0 Å². The molecule has 0 aliphatic carbocycles. The summed E-state index contributed by atoms with van der Waals surface area (Å²) in [5.74, 6) is -0.702. The van der Waals surface area contributed by atoms with Gasteiger partial charge in [-0.25, -0.2) is 9.80 Å². The summed E-state index contributed by atoms with van der Waals surface area (Å²) in [7, 11) is 4.04. The first-order valence-electron chi connectivity index (χ1n) is 8.40. The fraction of sp³-hybridized carbons (Fsp3) is 0.333. The molecule has 28 heavy (non-hydrogen) atoms. The molecule has 1 aliphatic heterocycles. The number of nitrogens with zero attached hydrogens (tertiary/aromatic N) is 4. The van der Waals surface area contributed by atoms with Crippen molar-refractivity contribution in [3.8, 4) is 17.4 Å². The minimum absolute atomic E-state index is 0.0515. The molecule has 3 rings (SSSR count). The van der Waals surface area contributed by atoms with Crippen molar-refractivity contribution in [1.29, 1.82) is 0 Å². The number of rotatable bonds is 3. The van der Waals surface area contributed by atoms with Crippen molar-refractivity contribution in [1.82, 2.24) is 14.1 Å². The van der Waals surface area contributed by atoms with Gasteiger partial charge >= 0.3 is 5.69 Å². The van der Waals surface area contributed by atoms with E-state index >= 15 is 0 Å². The van der Waals surface area contributed by atoms with Gasteiger partial charge in [0.25, 0.3) is 5.56 Å². The molecule has 0 fully saturated rings. The largest absolute Gasteiger partial charge is 0.504 e. The molecule has 0 saturated heterocycles. The fourth-order valence-corrected chi connectivity index (χ4v) is 3.20. The molecular weight excluding hydrogens is 368 g/mol. The van der Waals surface area contributed by atoms with Gasteiger partial charge in [0.1, 0.15) is 5.56 Å². The number of aromatic nitrogens is 2. The highest BCUT2D eigenvalue weighted by Gasteiger charge is 2.35. The smallest absolute Gasteiger partial charge is 0.333 e. The molecule has 1 aliphatic rings. The molecule has 0 spiro atoms. The molecule has 148 valence electrons. The van der Waals surface area contributed by atoms with Gasteiger partial charge in [-0.05, 0) is 17.7 Å². The van der Waals surface area contributed by atoms with Gasteiger partial charge in [-0.2, -0.15) is 5.10 Å². The van der Waals surface area contributed by atoms with Crippen LogP contribution in [0.1, 0.15) is 30.5 Å². The van der Waals surface area contributed by atoms with Crippen molar-refractivity contribution in [3.05, 3.63) is 50.2 Å². The Kier molecular flexibility index (Phi) is 4.72. The van der Waals surface area contributed by atoms with E-state index in [0.29, 0.717) is 5.56 Å². The SMILES string of the molecule is COc1cc([C@H]2CC(c3c(O)n(C)c(=O)n(C)c3=O)=NN2C(C)=O)ccc1O. The summed E-state index contributed by atoms with van der Waals surface area (Å²) in [5.41, 5.74) is -0.699. The average molecular weight is 388 g/mol. The maximum absolute atomic E-state index is 12.6. The molecule has 2 heterocycles. The number of aromatic hydroxyl groups is 2. The van der Waals surface area contributed by atoms with Crippen LogP contribution in [0.2, 0.25) is 0 Å². The molecule has 1 aromatic heterocycles. The fourth-order valence-electron chi connectivity index (χ4n) is 3.20. The third-order valence-corrected chi connectivity index (χ3v) is 4.74. The van der Waals surface area contributed by atoms with Crippen molar-refractivity contribution < 1.29 is 19.7 Å². The van der Waals surface area contributed by atoms with E-state index in [0.717, 1.165) is 9.13 Å². The maximum Gasteiger partial charge on any atom is 0.333 e. The summed E-state index contributed by atoms with van der Waals surface area (Å²) < 4.78 is 6.92. The summed E-state index contributed by atoms with van der Waals surface area (Å²) >= 11 is 0. The number of amides is 1. The van der Waals surface area contributed by atoms with E-state index in [4.69, 9.17) is 4.74 Å². The minimum Gasteiger partial charge on any atom is -0.504 e. The molecular formula is C18H20N4O6. The van der Waals surface area contributed by atoms with Crippen molar-refractivity contribution >= 4 is 11.6 Å². The number of hydrogen-bond acceptors (Lipinski definition) is 7. The van der Waals surface area contributed by atoms with Crippen molar-refractivity contribution in [3.63, 3.8) is 0 Å². The summed E-state index contributed by atoms with van der Waals surface area (Å²) in [6, 6.07) is 4.07. The Labute approximate surface area is 159 Å².